The summed E-state index contributed by atoms with van der Waals surface area (Å²) in [5.74, 6) is 0.950. The van der Waals surface area contributed by atoms with Crippen molar-refractivity contribution in [3.63, 3.8) is 0 Å². The normalized spacial score (nSPS) is 18.1. The number of hydrogen-bond acceptors (Lipinski definition) is 0. The minimum Gasteiger partial charge on any atom is -0.119 e. The van der Waals surface area contributed by atoms with Crippen LogP contribution >= 0.6 is 8.58 Å². The zero-order valence-corrected chi connectivity index (χ0v) is 12.5. The molecule has 0 N–H and O–H groups in total. The van der Waals surface area contributed by atoms with E-state index in [1.807, 2.05) is 0 Å². The Bertz CT molecular complexity index is 143. The molecule has 0 amide bonds. The average Bonchev–Trinajstić information content (AvgIpc) is 2.26. The van der Waals surface area contributed by atoms with Gasteiger partial charge in [-0.3, -0.25) is 0 Å². The van der Waals surface area contributed by atoms with Crippen molar-refractivity contribution in [3.8, 4) is 0 Å². The molecule has 0 spiro atoms. The lowest BCUT2D eigenvalue weighted by Crippen LogP contribution is -2.16. The summed E-state index contributed by atoms with van der Waals surface area (Å²) in [6, 6.07) is 0. The lowest BCUT2D eigenvalue weighted by atomic mass is 9.78. The molecule has 0 aliphatic heterocycles. The van der Waals surface area contributed by atoms with E-state index < -0.39 is 0 Å². The lowest BCUT2D eigenvalue weighted by molar-refractivity contribution is 0.505. The summed E-state index contributed by atoms with van der Waals surface area (Å²) in [6.07, 6.45) is 9.89. The van der Waals surface area contributed by atoms with E-state index in [1.165, 1.54) is 44.9 Å². The van der Waals surface area contributed by atoms with Crippen LogP contribution in [0.3, 0.4) is 0 Å². The molecule has 0 aromatic rings. The highest BCUT2D eigenvalue weighted by atomic mass is 31.1. The van der Waals surface area contributed by atoms with Gasteiger partial charge in [0.25, 0.3) is 0 Å². The van der Waals surface area contributed by atoms with Crippen molar-refractivity contribution in [1.29, 1.82) is 0 Å². The Hall–Kier alpha value is 0.495. The summed E-state index contributed by atoms with van der Waals surface area (Å²) in [4.78, 5) is 0. The van der Waals surface area contributed by atoms with Gasteiger partial charge in [-0.2, -0.15) is 0 Å². The molecule has 0 aliphatic rings. The van der Waals surface area contributed by atoms with Crippen LogP contribution in [0.15, 0.2) is 0 Å². The van der Waals surface area contributed by atoms with Crippen molar-refractivity contribution in [2.75, 3.05) is 6.66 Å². The summed E-state index contributed by atoms with van der Waals surface area (Å²) >= 11 is 0. The number of hydrogen-bond donors (Lipinski definition) is 0. The second kappa shape index (κ2) is 8.62. The Balaban J connectivity index is 3.59. The van der Waals surface area contributed by atoms with E-state index in [0.29, 0.717) is 5.16 Å². The molecule has 3 atom stereocenters. The van der Waals surface area contributed by atoms with Crippen LogP contribution in [0.4, 0.5) is 0 Å². The summed E-state index contributed by atoms with van der Waals surface area (Å²) in [7, 11) is 3.53. The van der Waals surface area contributed by atoms with Crippen LogP contribution in [0.2, 0.25) is 5.82 Å². The fraction of sp³-hybridized carbons (Fsp3) is 1.00. The summed E-state index contributed by atoms with van der Waals surface area (Å²) in [6.45, 7) is 9.46. The van der Waals surface area contributed by atoms with Crippen LogP contribution in [0.25, 0.3) is 0 Å². The molecule has 3 unspecified atom stereocenters. The van der Waals surface area contributed by atoms with Crippen LogP contribution < -0.4 is 0 Å². The van der Waals surface area contributed by atoms with Crippen LogP contribution in [-0.4, -0.2) is 19.7 Å². The van der Waals surface area contributed by atoms with Gasteiger partial charge in [-0.25, -0.2) is 0 Å². The molecule has 0 saturated heterocycles. The van der Waals surface area contributed by atoms with E-state index in [9.17, 15) is 0 Å². The monoisotopic (exact) mass is 228 g/mol. The molecular formula is C13H30BP. The van der Waals surface area contributed by atoms with Crippen molar-refractivity contribution in [3.05, 3.63) is 0 Å². The first-order valence-electron chi connectivity index (χ1n) is 6.77. The second-order valence-corrected chi connectivity index (χ2v) is 7.01. The van der Waals surface area contributed by atoms with Crippen LogP contribution in [-0.2, 0) is 0 Å². The fourth-order valence-corrected chi connectivity index (χ4v) is 2.80. The number of unbranched alkanes of at least 4 members (excludes halogenated alkanes) is 1. The van der Waals surface area contributed by atoms with Crippen molar-refractivity contribution >= 4 is 16.4 Å². The molecule has 0 heterocycles. The molecule has 0 rings (SSSR count). The van der Waals surface area contributed by atoms with E-state index in [4.69, 9.17) is 0 Å². The maximum absolute atomic E-state index is 2.46. The third-order valence-electron chi connectivity index (χ3n) is 3.86. The van der Waals surface area contributed by atoms with Crippen molar-refractivity contribution in [2.45, 2.75) is 76.7 Å². The van der Waals surface area contributed by atoms with Crippen molar-refractivity contribution in [2.24, 2.45) is 0 Å². The summed E-state index contributed by atoms with van der Waals surface area (Å²) < 4.78 is 0. The quantitative estimate of drug-likeness (QED) is 0.409. The molecule has 0 aromatic carbocycles. The highest BCUT2D eigenvalue weighted by Gasteiger charge is 2.18. The Morgan fingerprint density at radius 2 is 1.80 bits per heavy atom. The van der Waals surface area contributed by atoms with E-state index in [1.54, 1.807) is 0 Å². The maximum atomic E-state index is 2.46. The van der Waals surface area contributed by atoms with E-state index >= 15 is 0 Å². The standard InChI is InChI=1S/C13H30BP/c1-5-7-9-12(14)10-8-11-13(3,6-2)15-4/h12,15H,5-11,14H2,1-4H3. The van der Waals surface area contributed by atoms with Gasteiger partial charge in [0.15, 0.2) is 0 Å². The third kappa shape index (κ3) is 7.39. The molecule has 0 bridgehead atoms. The Kier molecular flexibility index (Phi) is 8.91. The molecule has 2 heteroatoms. The first-order chi connectivity index (χ1) is 7.08. The minimum absolute atomic E-state index is 0.643. The molecule has 0 aromatic heterocycles. The Labute approximate surface area is 100 Å². The Morgan fingerprint density at radius 1 is 1.20 bits per heavy atom. The fourth-order valence-electron chi connectivity index (χ4n) is 2.02. The molecule has 0 nitrogen and oxygen atoms in total. The van der Waals surface area contributed by atoms with Gasteiger partial charge < -0.3 is 0 Å². The SMILES string of the molecule is BC(CCCC)CCCC(C)(CC)PC. The highest BCUT2D eigenvalue weighted by Crippen LogP contribution is 2.37. The molecule has 0 aliphatic carbocycles. The Morgan fingerprint density at radius 3 is 2.27 bits per heavy atom. The van der Waals surface area contributed by atoms with Gasteiger partial charge in [0, 0.05) is 0 Å². The zero-order valence-electron chi connectivity index (χ0n) is 11.5. The van der Waals surface area contributed by atoms with E-state index in [2.05, 4.69) is 35.3 Å². The topological polar surface area (TPSA) is 0 Å². The average molecular weight is 228 g/mol. The van der Waals surface area contributed by atoms with Gasteiger partial charge in [0.2, 0.25) is 0 Å². The molecule has 0 radical (unpaired) electrons. The molecule has 15 heavy (non-hydrogen) atoms. The van der Waals surface area contributed by atoms with Crippen LogP contribution in [0.1, 0.15) is 65.7 Å². The maximum Gasteiger partial charge on any atom is 0.105 e. The van der Waals surface area contributed by atoms with Crippen molar-refractivity contribution < 1.29 is 0 Å². The molecule has 0 saturated carbocycles. The number of rotatable bonds is 9. The highest BCUT2D eigenvalue weighted by molar-refractivity contribution is 7.39. The molecule has 90 valence electrons. The predicted molar refractivity (Wildman–Crippen MR) is 78.6 cm³/mol. The predicted octanol–water partition coefficient (Wildman–Crippen LogP) is 4.25. The van der Waals surface area contributed by atoms with Gasteiger partial charge in [0.05, 0.1) is 0 Å². The van der Waals surface area contributed by atoms with Crippen LogP contribution in [0.5, 0.6) is 0 Å². The van der Waals surface area contributed by atoms with Gasteiger partial charge in [-0.1, -0.05) is 58.7 Å². The molecule has 0 fully saturated rings. The van der Waals surface area contributed by atoms with Gasteiger partial charge >= 0.3 is 0 Å². The van der Waals surface area contributed by atoms with E-state index in [-0.39, 0.29) is 0 Å². The van der Waals surface area contributed by atoms with Gasteiger partial charge in [-0.15, -0.1) is 8.58 Å². The summed E-state index contributed by atoms with van der Waals surface area (Å²) in [5.41, 5.74) is 0. The zero-order chi connectivity index (χ0) is 11.7. The summed E-state index contributed by atoms with van der Waals surface area (Å²) in [5, 5.41) is 0.643. The lowest BCUT2D eigenvalue weighted by Gasteiger charge is -2.27. The van der Waals surface area contributed by atoms with E-state index in [0.717, 1.165) is 14.4 Å². The molecular weight excluding hydrogens is 198 g/mol. The van der Waals surface area contributed by atoms with Crippen molar-refractivity contribution in [1.82, 2.24) is 0 Å². The van der Waals surface area contributed by atoms with Crippen LogP contribution in [0, 0.1) is 0 Å². The third-order valence-corrected chi connectivity index (χ3v) is 5.67. The van der Waals surface area contributed by atoms with Gasteiger partial charge in [-0.05, 0) is 24.7 Å². The second-order valence-electron chi connectivity index (χ2n) is 5.30. The largest absolute Gasteiger partial charge is 0.119 e. The minimum atomic E-state index is 0.643. The first-order valence-corrected chi connectivity index (χ1v) is 8.27. The van der Waals surface area contributed by atoms with Gasteiger partial charge in [0.1, 0.15) is 7.85 Å². The smallest absolute Gasteiger partial charge is 0.105 e. The first kappa shape index (κ1) is 15.5.